The first kappa shape index (κ1) is 25.5. The number of ether oxygens (including phenoxy) is 3. The van der Waals surface area contributed by atoms with Gasteiger partial charge in [-0.1, -0.05) is 22.9 Å². The molecule has 1 N–H and O–H groups in total. The van der Waals surface area contributed by atoms with Gasteiger partial charge < -0.3 is 19.3 Å². The molecule has 3 aromatic carbocycles. The quantitative estimate of drug-likeness (QED) is 0.184. The zero-order valence-electron chi connectivity index (χ0n) is 20.3. The second-order valence-corrected chi connectivity index (χ2v) is 9.69. The number of halogens is 2. The van der Waals surface area contributed by atoms with Crippen LogP contribution in [0.25, 0.3) is 16.0 Å². The molecule has 0 spiro atoms. The van der Waals surface area contributed by atoms with E-state index in [0.717, 1.165) is 12.1 Å². The molecule has 11 heteroatoms. The van der Waals surface area contributed by atoms with Crippen LogP contribution in [0, 0.1) is 5.82 Å². The molecule has 194 valence electrons. The average Bonchev–Trinajstić information content (AvgIpc) is 3.45. The minimum absolute atomic E-state index is 0.165. The Morgan fingerprint density at radius 1 is 1.00 bits per heavy atom. The standard InChI is InChI=1S/C27H20ClFN2O6S/c1-35-18-10-14(11-19(36-2)25(18)37-3)22-21(23(32)13-4-7-16(29)8-5-13)24(33)26(34)31(22)27-30-17-9-6-15(28)12-20(17)38-27/h4-12,22,32H,1-3H3. The number of aromatic nitrogens is 1. The molecular formula is C27H20ClFN2O6S. The Labute approximate surface area is 225 Å². The van der Waals surface area contributed by atoms with Crippen LogP contribution in [0.15, 0.2) is 60.2 Å². The highest BCUT2D eigenvalue weighted by molar-refractivity contribution is 7.22. The molecule has 0 saturated carbocycles. The third-order valence-corrected chi connectivity index (χ3v) is 7.36. The van der Waals surface area contributed by atoms with Crippen molar-refractivity contribution in [2.75, 3.05) is 26.2 Å². The number of hydrogen-bond acceptors (Lipinski definition) is 8. The molecular weight excluding hydrogens is 535 g/mol. The van der Waals surface area contributed by atoms with E-state index in [-0.39, 0.29) is 27.8 Å². The van der Waals surface area contributed by atoms with E-state index >= 15 is 0 Å². The number of methoxy groups -OCH3 is 3. The second kappa shape index (κ2) is 9.96. The van der Waals surface area contributed by atoms with Crippen molar-refractivity contribution in [1.82, 2.24) is 4.98 Å². The van der Waals surface area contributed by atoms with Gasteiger partial charge in [-0.05, 0) is 60.2 Å². The summed E-state index contributed by atoms with van der Waals surface area (Å²) in [4.78, 5) is 32.7. The number of Topliss-reactive ketones (excluding diaryl/α,β-unsaturated/α-hetero) is 1. The number of thiazole rings is 1. The molecule has 0 bridgehead atoms. The third kappa shape index (κ3) is 4.21. The van der Waals surface area contributed by atoms with E-state index in [9.17, 15) is 19.1 Å². The summed E-state index contributed by atoms with van der Waals surface area (Å²) in [7, 11) is 4.33. The van der Waals surface area contributed by atoms with Crippen LogP contribution in [0.4, 0.5) is 9.52 Å². The van der Waals surface area contributed by atoms with Gasteiger partial charge in [-0.15, -0.1) is 0 Å². The number of hydrogen-bond donors (Lipinski definition) is 1. The van der Waals surface area contributed by atoms with Crippen molar-refractivity contribution in [3.05, 3.63) is 82.1 Å². The number of nitrogens with zero attached hydrogens (tertiary/aromatic N) is 2. The summed E-state index contributed by atoms with van der Waals surface area (Å²) >= 11 is 7.31. The Balaban J connectivity index is 1.78. The number of fused-ring (bicyclic) bond motifs is 1. The molecule has 4 aromatic rings. The van der Waals surface area contributed by atoms with Gasteiger partial charge in [0.1, 0.15) is 11.6 Å². The fraction of sp³-hybridized carbons (Fsp3) is 0.148. The molecule has 38 heavy (non-hydrogen) atoms. The first-order valence-electron chi connectivity index (χ1n) is 11.2. The number of rotatable bonds is 6. The number of anilines is 1. The number of carbonyl (C=O) groups excluding carboxylic acids is 2. The molecule has 0 aliphatic carbocycles. The predicted octanol–water partition coefficient (Wildman–Crippen LogP) is 5.74. The van der Waals surface area contributed by atoms with Crippen molar-refractivity contribution >= 4 is 55.7 Å². The lowest BCUT2D eigenvalue weighted by molar-refractivity contribution is -0.132. The van der Waals surface area contributed by atoms with Crippen molar-refractivity contribution in [3.8, 4) is 17.2 Å². The normalized spacial score (nSPS) is 16.8. The topological polar surface area (TPSA) is 98.2 Å². The Hall–Kier alpha value is -4.15. The Morgan fingerprint density at radius 2 is 1.66 bits per heavy atom. The number of amides is 1. The Morgan fingerprint density at radius 3 is 2.26 bits per heavy atom. The first-order chi connectivity index (χ1) is 18.3. The molecule has 1 amide bonds. The van der Waals surface area contributed by atoms with Crippen LogP contribution < -0.4 is 19.1 Å². The molecule has 1 atom stereocenters. The number of carbonyl (C=O) groups is 2. The van der Waals surface area contributed by atoms with Gasteiger partial charge in [0.05, 0.1) is 43.2 Å². The lowest BCUT2D eigenvalue weighted by Gasteiger charge is -2.24. The van der Waals surface area contributed by atoms with Gasteiger partial charge in [0, 0.05) is 10.6 Å². The fourth-order valence-electron chi connectivity index (χ4n) is 4.36. The molecule has 1 fully saturated rings. The molecule has 8 nitrogen and oxygen atoms in total. The summed E-state index contributed by atoms with van der Waals surface area (Å²) in [6.07, 6.45) is 0. The van der Waals surface area contributed by atoms with E-state index in [0.29, 0.717) is 26.6 Å². The van der Waals surface area contributed by atoms with E-state index in [2.05, 4.69) is 4.98 Å². The molecule has 1 aliphatic rings. The average molecular weight is 555 g/mol. The van der Waals surface area contributed by atoms with Crippen LogP contribution in [0.5, 0.6) is 17.2 Å². The maximum Gasteiger partial charge on any atom is 0.301 e. The smallest absolute Gasteiger partial charge is 0.301 e. The van der Waals surface area contributed by atoms with Crippen molar-refractivity contribution in [1.29, 1.82) is 0 Å². The predicted molar refractivity (Wildman–Crippen MR) is 142 cm³/mol. The van der Waals surface area contributed by atoms with Crippen LogP contribution in [0.3, 0.4) is 0 Å². The van der Waals surface area contributed by atoms with Crippen LogP contribution in [-0.4, -0.2) is 43.1 Å². The van der Waals surface area contributed by atoms with E-state index in [1.807, 2.05) is 0 Å². The Bertz CT molecular complexity index is 1590. The third-order valence-electron chi connectivity index (χ3n) is 6.11. The van der Waals surface area contributed by atoms with Gasteiger partial charge in [0.15, 0.2) is 16.6 Å². The van der Waals surface area contributed by atoms with Gasteiger partial charge in [0.2, 0.25) is 5.75 Å². The van der Waals surface area contributed by atoms with Crippen LogP contribution in [-0.2, 0) is 9.59 Å². The lowest BCUT2D eigenvalue weighted by atomic mass is 9.94. The molecule has 5 rings (SSSR count). The summed E-state index contributed by atoms with van der Waals surface area (Å²) in [5.74, 6) is -1.93. The number of ketones is 1. The van der Waals surface area contributed by atoms with E-state index in [1.54, 1.807) is 30.3 Å². The van der Waals surface area contributed by atoms with Gasteiger partial charge in [-0.25, -0.2) is 9.37 Å². The summed E-state index contributed by atoms with van der Waals surface area (Å²) in [5.41, 5.74) is 0.934. The van der Waals surface area contributed by atoms with Crippen molar-refractivity contribution < 1.29 is 33.3 Å². The molecule has 1 unspecified atom stereocenters. The van der Waals surface area contributed by atoms with Crippen LogP contribution >= 0.6 is 22.9 Å². The van der Waals surface area contributed by atoms with Gasteiger partial charge in [0.25, 0.3) is 5.78 Å². The summed E-state index contributed by atoms with van der Waals surface area (Å²) in [5, 5.41) is 12.0. The van der Waals surface area contributed by atoms with Gasteiger partial charge in [-0.3, -0.25) is 14.5 Å². The van der Waals surface area contributed by atoms with Gasteiger partial charge >= 0.3 is 5.91 Å². The molecule has 1 saturated heterocycles. The monoisotopic (exact) mass is 554 g/mol. The molecule has 1 aliphatic heterocycles. The van der Waals surface area contributed by atoms with E-state index in [1.165, 1.54) is 49.7 Å². The highest BCUT2D eigenvalue weighted by Crippen LogP contribution is 2.48. The molecule has 2 heterocycles. The molecule has 1 aromatic heterocycles. The minimum Gasteiger partial charge on any atom is -0.507 e. The zero-order valence-corrected chi connectivity index (χ0v) is 21.9. The minimum atomic E-state index is -1.12. The maximum absolute atomic E-state index is 13.6. The van der Waals surface area contributed by atoms with Crippen LogP contribution in [0.1, 0.15) is 17.2 Å². The highest BCUT2D eigenvalue weighted by atomic mass is 35.5. The zero-order chi connectivity index (χ0) is 27.1. The second-order valence-electron chi connectivity index (χ2n) is 8.24. The summed E-state index contributed by atoms with van der Waals surface area (Å²) < 4.78 is 30.7. The summed E-state index contributed by atoms with van der Waals surface area (Å²) in [6.45, 7) is 0. The van der Waals surface area contributed by atoms with E-state index < -0.39 is 29.3 Å². The van der Waals surface area contributed by atoms with Gasteiger partial charge in [-0.2, -0.15) is 0 Å². The van der Waals surface area contributed by atoms with Crippen LogP contribution in [0.2, 0.25) is 5.02 Å². The number of aliphatic hydroxyl groups excluding tert-OH is 1. The lowest BCUT2D eigenvalue weighted by Crippen LogP contribution is -2.29. The van der Waals surface area contributed by atoms with Crippen molar-refractivity contribution in [2.24, 2.45) is 0 Å². The Kier molecular flexibility index (Phi) is 6.68. The largest absolute Gasteiger partial charge is 0.507 e. The fourth-order valence-corrected chi connectivity index (χ4v) is 5.63. The molecule has 0 radical (unpaired) electrons. The number of benzene rings is 3. The first-order valence-corrected chi connectivity index (χ1v) is 12.4. The van der Waals surface area contributed by atoms with Crippen molar-refractivity contribution in [2.45, 2.75) is 6.04 Å². The highest BCUT2D eigenvalue weighted by Gasteiger charge is 2.48. The maximum atomic E-state index is 13.6. The van der Waals surface area contributed by atoms with E-state index in [4.69, 9.17) is 25.8 Å². The number of aliphatic hydroxyl groups is 1. The van der Waals surface area contributed by atoms with Crippen molar-refractivity contribution in [3.63, 3.8) is 0 Å². The SMILES string of the molecule is COc1cc(C2C(=C(O)c3ccc(F)cc3)C(=O)C(=O)N2c2nc3ccc(Cl)cc3s2)cc(OC)c1OC. The summed E-state index contributed by atoms with van der Waals surface area (Å²) in [6, 6.07) is 12.1.